The van der Waals surface area contributed by atoms with Crippen molar-refractivity contribution in [3.63, 3.8) is 0 Å². The van der Waals surface area contributed by atoms with Crippen LogP contribution in [0.4, 0.5) is 0 Å². The highest BCUT2D eigenvalue weighted by atomic mass is 16.5. The van der Waals surface area contributed by atoms with Gasteiger partial charge in [-0.05, 0) is 30.9 Å². The highest BCUT2D eigenvalue weighted by Crippen LogP contribution is 2.43. The van der Waals surface area contributed by atoms with E-state index in [9.17, 15) is 9.90 Å². The fourth-order valence-corrected chi connectivity index (χ4v) is 4.40. The van der Waals surface area contributed by atoms with Crippen molar-refractivity contribution in [3.05, 3.63) is 36.0 Å². The normalized spacial score (nSPS) is 26.7. The number of piperidine rings is 1. The molecule has 5 nitrogen and oxygen atoms in total. The van der Waals surface area contributed by atoms with Gasteiger partial charge >= 0.3 is 0 Å². The van der Waals surface area contributed by atoms with Crippen molar-refractivity contribution in [2.75, 3.05) is 26.3 Å². The van der Waals surface area contributed by atoms with Gasteiger partial charge in [0.2, 0.25) is 5.91 Å². The number of aliphatic hydroxyl groups is 1. The standard InChI is InChI=1S/C19H24N2O3/c22-9-6-19-7-10-24-17(19)5-8-21(13-19)18(23)11-14-12-20-16-4-2-1-3-15(14)16/h1-4,12,17,20,22H,5-11,13H2/t17-,19+/m0/s1. The largest absolute Gasteiger partial charge is 0.396 e. The maximum Gasteiger partial charge on any atom is 0.227 e. The second-order valence-corrected chi connectivity index (χ2v) is 7.09. The molecule has 24 heavy (non-hydrogen) atoms. The van der Waals surface area contributed by atoms with Gasteiger partial charge in [0.15, 0.2) is 0 Å². The summed E-state index contributed by atoms with van der Waals surface area (Å²) in [5.41, 5.74) is 2.07. The SMILES string of the molecule is O=C(Cc1c[nH]c2ccccc12)N1CC[C@@H]2OCC[C@]2(CCO)C1. The quantitative estimate of drug-likeness (QED) is 0.903. The molecule has 0 spiro atoms. The van der Waals surface area contributed by atoms with Crippen molar-refractivity contribution < 1.29 is 14.6 Å². The molecule has 2 aliphatic heterocycles. The third kappa shape index (κ3) is 2.62. The van der Waals surface area contributed by atoms with Crippen molar-refractivity contribution in [1.29, 1.82) is 0 Å². The third-order valence-electron chi connectivity index (χ3n) is 5.75. The molecule has 4 rings (SSSR count). The van der Waals surface area contributed by atoms with E-state index in [0.717, 1.165) is 42.5 Å². The van der Waals surface area contributed by atoms with Gasteiger partial charge in [-0.15, -0.1) is 0 Å². The fourth-order valence-electron chi connectivity index (χ4n) is 4.40. The van der Waals surface area contributed by atoms with E-state index in [1.54, 1.807) is 0 Å². The number of benzene rings is 1. The summed E-state index contributed by atoms with van der Waals surface area (Å²) in [5.74, 6) is 0.169. The van der Waals surface area contributed by atoms with Gasteiger partial charge in [-0.25, -0.2) is 0 Å². The van der Waals surface area contributed by atoms with Gasteiger partial charge in [-0.1, -0.05) is 18.2 Å². The summed E-state index contributed by atoms with van der Waals surface area (Å²) >= 11 is 0. The molecule has 1 amide bonds. The molecular formula is C19H24N2O3. The summed E-state index contributed by atoms with van der Waals surface area (Å²) in [7, 11) is 0. The number of aromatic amines is 1. The van der Waals surface area contributed by atoms with Gasteiger partial charge in [0.1, 0.15) is 0 Å². The van der Waals surface area contributed by atoms with Crippen LogP contribution in [0.3, 0.4) is 0 Å². The highest BCUT2D eigenvalue weighted by molar-refractivity contribution is 5.88. The number of para-hydroxylation sites is 1. The minimum Gasteiger partial charge on any atom is -0.396 e. The van der Waals surface area contributed by atoms with Crippen LogP contribution in [0.15, 0.2) is 30.5 Å². The number of nitrogens with zero attached hydrogens (tertiary/aromatic N) is 1. The number of amides is 1. The molecule has 128 valence electrons. The van der Waals surface area contributed by atoms with E-state index in [4.69, 9.17) is 4.74 Å². The Kier molecular flexibility index (Phi) is 4.06. The molecule has 0 bridgehead atoms. The summed E-state index contributed by atoms with van der Waals surface area (Å²) in [5, 5.41) is 10.6. The zero-order valence-electron chi connectivity index (χ0n) is 13.8. The first-order chi connectivity index (χ1) is 11.7. The highest BCUT2D eigenvalue weighted by Gasteiger charge is 2.48. The van der Waals surface area contributed by atoms with Gasteiger partial charge in [0.25, 0.3) is 0 Å². The van der Waals surface area contributed by atoms with Crippen molar-refractivity contribution >= 4 is 16.8 Å². The van der Waals surface area contributed by atoms with Gasteiger partial charge in [0, 0.05) is 48.8 Å². The molecule has 2 aromatic rings. The predicted octanol–water partition coefficient (Wildman–Crippen LogP) is 2.10. The fraction of sp³-hybridized carbons (Fsp3) is 0.526. The Balaban J connectivity index is 1.50. The Bertz CT molecular complexity index is 741. The number of hydrogen-bond donors (Lipinski definition) is 2. The van der Waals surface area contributed by atoms with E-state index in [1.165, 1.54) is 0 Å². The van der Waals surface area contributed by atoms with E-state index in [0.29, 0.717) is 19.4 Å². The monoisotopic (exact) mass is 328 g/mol. The van der Waals surface area contributed by atoms with E-state index in [2.05, 4.69) is 11.1 Å². The number of aliphatic hydroxyl groups excluding tert-OH is 1. The van der Waals surface area contributed by atoms with Crippen LogP contribution >= 0.6 is 0 Å². The van der Waals surface area contributed by atoms with E-state index in [-0.39, 0.29) is 24.0 Å². The molecule has 2 saturated heterocycles. The second-order valence-electron chi connectivity index (χ2n) is 7.09. The van der Waals surface area contributed by atoms with Crippen LogP contribution < -0.4 is 0 Å². The third-order valence-corrected chi connectivity index (χ3v) is 5.75. The van der Waals surface area contributed by atoms with Gasteiger partial charge in [-0.3, -0.25) is 4.79 Å². The van der Waals surface area contributed by atoms with Crippen molar-refractivity contribution in [2.45, 2.75) is 31.8 Å². The lowest BCUT2D eigenvalue weighted by atomic mass is 9.74. The molecule has 2 fully saturated rings. The Morgan fingerprint density at radius 2 is 2.29 bits per heavy atom. The summed E-state index contributed by atoms with van der Waals surface area (Å²) < 4.78 is 5.85. The number of ether oxygens (including phenoxy) is 1. The first-order valence-electron chi connectivity index (χ1n) is 8.77. The van der Waals surface area contributed by atoms with Crippen LogP contribution in [0.25, 0.3) is 10.9 Å². The van der Waals surface area contributed by atoms with Gasteiger partial charge < -0.3 is 19.7 Å². The average molecular weight is 328 g/mol. The number of carbonyl (C=O) groups is 1. The molecule has 0 unspecified atom stereocenters. The topological polar surface area (TPSA) is 65.6 Å². The summed E-state index contributed by atoms with van der Waals surface area (Å²) in [6, 6.07) is 8.08. The molecule has 2 N–H and O–H groups in total. The molecule has 1 aromatic heterocycles. The minimum atomic E-state index is -0.0527. The zero-order valence-corrected chi connectivity index (χ0v) is 13.8. The second kappa shape index (κ2) is 6.22. The van der Waals surface area contributed by atoms with Crippen LogP contribution in [-0.2, 0) is 16.0 Å². The van der Waals surface area contributed by atoms with Crippen LogP contribution in [0.5, 0.6) is 0 Å². The first-order valence-corrected chi connectivity index (χ1v) is 8.77. The van der Waals surface area contributed by atoms with Crippen LogP contribution in [0, 0.1) is 5.41 Å². The molecular weight excluding hydrogens is 304 g/mol. The number of likely N-dealkylation sites (tertiary alicyclic amines) is 1. The van der Waals surface area contributed by atoms with E-state index in [1.807, 2.05) is 29.3 Å². The Labute approximate surface area is 141 Å². The van der Waals surface area contributed by atoms with Crippen LogP contribution in [0.1, 0.15) is 24.8 Å². The Morgan fingerprint density at radius 3 is 3.17 bits per heavy atom. The van der Waals surface area contributed by atoms with Crippen LogP contribution in [0.2, 0.25) is 0 Å². The number of fused-ring (bicyclic) bond motifs is 2. The smallest absolute Gasteiger partial charge is 0.227 e. The first kappa shape index (κ1) is 15.7. The molecule has 2 aliphatic rings. The van der Waals surface area contributed by atoms with E-state index < -0.39 is 0 Å². The van der Waals surface area contributed by atoms with Crippen molar-refractivity contribution in [1.82, 2.24) is 9.88 Å². The molecule has 3 heterocycles. The number of carbonyl (C=O) groups excluding carboxylic acids is 1. The van der Waals surface area contributed by atoms with Crippen molar-refractivity contribution in [2.24, 2.45) is 5.41 Å². The summed E-state index contributed by atoms with van der Waals surface area (Å²) in [4.78, 5) is 18.1. The maximum absolute atomic E-state index is 12.9. The molecule has 2 atom stereocenters. The zero-order chi connectivity index (χ0) is 16.6. The molecule has 5 heteroatoms. The number of rotatable bonds is 4. The molecule has 0 saturated carbocycles. The number of aromatic nitrogens is 1. The summed E-state index contributed by atoms with van der Waals surface area (Å²) in [6.45, 7) is 2.36. The number of hydrogen-bond acceptors (Lipinski definition) is 3. The maximum atomic E-state index is 12.9. The lowest BCUT2D eigenvalue weighted by molar-refractivity contribution is -0.137. The minimum absolute atomic E-state index is 0.0527. The number of nitrogens with one attached hydrogen (secondary N) is 1. The lowest BCUT2D eigenvalue weighted by Crippen LogP contribution is -2.52. The Hall–Kier alpha value is -1.85. The van der Waals surface area contributed by atoms with E-state index >= 15 is 0 Å². The predicted molar refractivity (Wildman–Crippen MR) is 91.7 cm³/mol. The van der Waals surface area contributed by atoms with Gasteiger partial charge in [-0.2, -0.15) is 0 Å². The summed E-state index contributed by atoms with van der Waals surface area (Å²) in [6.07, 6.45) is 5.09. The van der Waals surface area contributed by atoms with Crippen molar-refractivity contribution in [3.8, 4) is 0 Å². The van der Waals surface area contributed by atoms with Crippen LogP contribution in [-0.4, -0.2) is 53.3 Å². The molecule has 0 radical (unpaired) electrons. The molecule has 0 aliphatic carbocycles. The molecule has 1 aromatic carbocycles. The Morgan fingerprint density at radius 1 is 1.42 bits per heavy atom. The average Bonchev–Trinajstić information content (AvgIpc) is 3.19. The van der Waals surface area contributed by atoms with Gasteiger partial charge in [0.05, 0.1) is 12.5 Å². The lowest BCUT2D eigenvalue weighted by Gasteiger charge is -2.43. The number of H-pyrrole nitrogens is 1.